The molecule has 0 heterocycles. The standard InChI is InChI=1S/C5H8O5S/c1-4(5(6)7)2-3-11(8,9)10/h1-3H2,(H,6,7)(H,8,9,10). The molecule has 0 rings (SSSR count). The van der Waals surface area contributed by atoms with Crippen LogP contribution in [0.4, 0.5) is 0 Å². The zero-order valence-corrected chi connectivity index (χ0v) is 6.47. The van der Waals surface area contributed by atoms with Gasteiger partial charge in [-0.3, -0.25) is 4.55 Å². The van der Waals surface area contributed by atoms with Gasteiger partial charge in [0.05, 0.1) is 5.75 Å². The summed E-state index contributed by atoms with van der Waals surface area (Å²) in [4.78, 5) is 10.0. The first-order valence-corrected chi connectivity index (χ1v) is 4.30. The van der Waals surface area contributed by atoms with Gasteiger partial charge in [0.25, 0.3) is 10.1 Å². The van der Waals surface area contributed by atoms with E-state index < -0.39 is 21.8 Å². The van der Waals surface area contributed by atoms with Crippen LogP contribution in [0.15, 0.2) is 12.2 Å². The molecule has 2 N–H and O–H groups in total. The Morgan fingerprint density at radius 1 is 1.45 bits per heavy atom. The van der Waals surface area contributed by atoms with Gasteiger partial charge >= 0.3 is 5.97 Å². The van der Waals surface area contributed by atoms with Crippen molar-refractivity contribution in [3.8, 4) is 0 Å². The van der Waals surface area contributed by atoms with E-state index in [4.69, 9.17) is 9.66 Å². The van der Waals surface area contributed by atoms with Crippen molar-refractivity contribution in [3.63, 3.8) is 0 Å². The number of carbonyl (C=O) groups is 1. The van der Waals surface area contributed by atoms with Crippen molar-refractivity contribution in [2.45, 2.75) is 6.42 Å². The molecule has 0 saturated heterocycles. The van der Waals surface area contributed by atoms with Crippen LogP contribution in [-0.2, 0) is 14.9 Å². The van der Waals surface area contributed by atoms with Crippen LogP contribution in [-0.4, -0.2) is 29.8 Å². The lowest BCUT2D eigenvalue weighted by Crippen LogP contribution is -2.08. The molecular weight excluding hydrogens is 172 g/mol. The fourth-order valence-corrected chi connectivity index (χ4v) is 0.863. The Hall–Kier alpha value is -0.880. The molecule has 0 amide bonds. The second kappa shape index (κ2) is 3.49. The van der Waals surface area contributed by atoms with E-state index in [0.29, 0.717) is 0 Å². The van der Waals surface area contributed by atoms with Gasteiger partial charge in [-0.2, -0.15) is 8.42 Å². The van der Waals surface area contributed by atoms with Gasteiger partial charge in [0.1, 0.15) is 0 Å². The van der Waals surface area contributed by atoms with Crippen molar-refractivity contribution in [3.05, 3.63) is 12.2 Å². The molecule has 0 fully saturated rings. The van der Waals surface area contributed by atoms with Gasteiger partial charge in [-0.05, 0) is 6.42 Å². The lowest BCUT2D eigenvalue weighted by molar-refractivity contribution is -0.132. The summed E-state index contributed by atoms with van der Waals surface area (Å²) in [5.41, 5.74) is -0.234. The maximum absolute atomic E-state index is 10.1. The quantitative estimate of drug-likeness (QED) is 0.465. The van der Waals surface area contributed by atoms with Crippen LogP contribution in [0.5, 0.6) is 0 Å². The van der Waals surface area contributed by atoms with E-state index in [1.165, 1.54) is 0 Å². The van der Waals surface area contributed by atoms with Gasteiger partial charge in [-0.1, -0.05) is 6.58 Å². The normalized spacial score (nSPS) is 11.0. The van der Waals surface area contributed by atoms with E-state index in [2.05, 4.69) is 6.58 Å². The first kappa shape index (κ1) is 10.1. The molecule has 11 heavy (non-hydrogen) atoms. The van der Waals surface area contributed by atoms with Crippen LogP contribution in [0.1, 0.15) is 6.42 Å². The monoisotopic (exact) mass is 180 g/mol. The summed E-state index contributed by atoms with van der Waals surface area (Å²) in [6.45, 7) is 3.08. The smallest absolute Gasteiger partial charge is 0.330 e. The highest BCUT2D eigenvalue weighted by Crippen LogP contribution is 1.99. The zero-order valence-electron chi connectivity index (χ0n) is 5.65. The van der Waals surface area contributed by atoms with Crippen LogP contribution < -0.4 is 0 Å². The topological polar surface area (TPSA) is 91.7 Å². The zero-order chi connectivity index (χ0) is 9.07. The molecule has 0 aromatic heterocycles. The molecule has 0 unspecified atom stereocenters. The van der Waals surface area contributed by atoms with Crippen molar-refractivity contribution < 1.29 is 22.9 Å². The number of hydrogen-bond donors (Lipinski definition) is 2. The molecule has 0 spiro atoms. The highest BCUT2D eigenvalue weighted by Gasteiger charge is 2.09. The maximum atomic E-state index is 10.1. The number of rotatable bonds is 4. The van der Waals surface area contributed by atoms with Crippen LogP contribution in [0.25, 0.3) is 0 Å². The van der Waals surface area contributed by atoms with E-state index in [-0.39, 0.29) is 12.0 Å². The largest absolute Gasteiger partial charge is 0.478 e. The van der Waals surface area contributed by atoms with Gasteiger partial charge in [-0.25, -0.2) is 4.79 Å². The summed E-state index contributed by atoms with van der Waals surface area (Å²) in [6.07, 6.45) is -0.256. The van der Waals surface area contributed by atoms with Crippen molar-refractivity contribution in [1.82, 2.24) is 0 Å². The predicted molar refractivity (Wildman–Crippen MR) is 37.8 cm³/mol. The highest BCUT2D eigenvalue weighted by atomic mass is 32.2. The summed E-state index contributed by atoms with van der Waals surface area (Å²) < 4.78 is 28.3. The summed E-state index contributed by atoms with van der Waals surface area (Å²) in [6, 6.07) is 0. The number of hydrogen-bond acceptors (Lipinski definition) is 3. The minimum absolute atomic E-state index is 0.234. The second-order valence-corrected chi connectivity index (χ2v) is 3.52. The van der Waals surface area contributed by atoms with Crippen molar-refractivity contribution in [1.29, 1.82) is 0 Å². The molecule has 0 aromatic rings. The van der Waals surface area contributed by atoms with E-state index >= 15 is 0 Å². The van der Waals surface area contributed by atoms with Gasteiger partial charge < -0.3 is 5.11 Å². The molecule has 6 heteroatoms. The fraction of sp³-hybridized carbons (Fsp3) is 0.400. The van der Waals surface area contributed by atoms with Crippen LogP contribution in [0.3, 0.4) is 0 Å². The Morgan fingerprint density at radius 3 is 2.18 bits per heavy atom. The van der Waals surface area contributed by atoms with E-state index in [1.807, 2.05) is 0 Å². The van der Waals surface area contributed by atoms with Crippen LogP contribution in [0, 0.1) is 0 Å². The molecule has 64 valence electrons. The molecule has 0 atom stereocenters. The van der Waals surface area contributed by atoms with Crippen LogP contribution >= 0.6 is 0 Å². The molecule has 0 aromatic carbocycles. The SMILES string of the molecule is C=C(CCS(=O)(=O)O)C(=O)O. The Balaban J connectivity index is 3.92. The Labute approximate surface area is 64.1 Å². The number of carboxylic acids is 1. The summed E-state index contributed by atoms with van der Waals surface area (Å²) in [5.74, 6) is -1.85. The lowest BCUT2D eigenvalue weighted by Gasteiger charge is -1.96. The highest BCUT2D eigenvalue weighted by molar-refractivity contribution is 7.85. The molecule has 0 saturated carbocycles. The Bertz CT molecular complexity index is 263. The van der Waals surface area contributed by atoms with Crippen molar-refractivity contribution in [2.24, 2.45) is 0 Å². The van der Waals surface area contributed by atoms with Gasteiger partial charge in [0.15, 0.2) is 0 Å². The van der Waals surface area contributed by atoms with E-state index in [1.54, 1.807) is 0 Å². The van der Waals surface area contributed by atoms with Gasteiger partial charge in [0, 0.05) is 5.57 Å². The van der Waals surface area contributed by atoms with E-state index in [0.717, 1.165) is 0 Å². The minimum atomic E-state index is -4.08. The minimum Gasteiger partial charge on any atom is -0.478 e. The molecule has 0 aliphatic heterocycles. The molecule has 0 bridgehead atoms. The van der Waals surface area contributed by atoms with E-state index in [9.17, 15) is 13.2 Å². The lowest BCUT2D eigenvalue weighted by atomic mass is 10.2. The number of carboxylic acid groups (broad SMARTS) is 1. The third kappa shape index (κ3) is 5.56. The number of aliphatic carboxylic acids is 1. The Morgan fingerprint density at radius 2 is 1.91 bits per heavy atom. The third-order valence-corrected chi connectivity index (χ3v) is 1.68. The van der Waals surface area contributed by atoms with Crippen molar-refractivity contribution in [2.75, 3.05) is 5.75 Å². The fourth-order valence-electron chi connectivity index (χ4n) is 0.359. The Kier molecular flexibility index (Phi) is 3.21. The summed E-state index contributed by atoms with van der Waals surface area (Å²) in [7, 11) is -4.08. The molecular formula is C5H8O5S. The maximum Gasteiger partial charge on any atom is 0.330 e. The predicted octanol–water partition coefficient (Wildman–Crippen LogP) is -0.0949. The summed E-state index contributed by atoms with van der Waals surface area (Å²) in [5, 5.41) is 8.20. The molecule has 0 aliphatic carbocycles. The molecule has 5 nitrogen and oxygen atoms in total. The first-order chi connectivity index (χ1) is 4.83. The average molecular weight is 180 g/mol. The average Bonchev–Trinajstić information content (AvgIpc) is 1.80. The molecule has 0 radical (unpaired) electrons. The third-order valence-electron chi connectivity index (χ3n) is 0.964. The van der Waals surface area contributed by atoms with Gasteiger partial charge in [0.2, 0.25) is 0 Å². The molecule has 0 aliphatic rings. The van der Waals surface area contributed by atoms with Gasteiger partial charge in [-0.15, -0.1) is 0 Å². The second-order valence-electron chi connectivity index (χ2n) is 1.94. The van der Waals surface area contributed by atoms with Crippen molar-refractivity contribution >= 4 is 16.1 Å². The first-order valence-electron chi connectivity index (χ1n) is 2.69. The van der Waals surface area contributed by atoms with Crippen LogP contribution in [0.2, 0.25) is 0 Å². The summed E-state index contributed by atoms with van der Waals surface area (Å²) >= 11 is 0.